The fraction of sp³-hybridized carbons (Fsp3) is 0.417. The molecule has 2 heterocycles. The van der Waals surface area contributed by atoms with Crippen molar-refractivity contribution in [2.75, 3.05) is 32.8 Å². The van der Waals surface area contributed by atoms with Gasteiger partial charge in [-0.15, -0.1) is 0 Å². The van der Waals surface area contributed by atoms with E-state index >= 15 is 0 Å². The molecule has 0 aromatic heterocycles. The van der Waals surface area contributed by atoms with Crippen LogP contribution in [0.2, 0.25) is 5.02 Å². The third kappa shape index (κ3) is 4.61. The van der Waals surface area contributed by atoms with Crippen molar-refractivity contribution >= 4 is 23.4 Å². The van der Waals surface area contributed by atoms with Crippen LogP contribution >= 0.6 is 11.6 Å². The first kappa shape index (κ1) is 21.8. The second-order valence-corrected chi connectivity index (χ2v) is 8.78. The Morgan fingerprint density at radius 3 is 2.35 bits per heavy atom. The van der Waals surface area contributed by atoms with Crippen LogP contribution in [0.15, 0.2) is 54.6 Å². The van der Waals surface area contributed by atoms with E-state index in [1.54, 1.807) is 4.90 Å². The largest absolute Gasteiger partial charge is 0.381 e. The lowest BCUT2D eigenvalue weighted by atomic mass is 9.72. The van der Waals surface area contributed by atoms with Gasteiger partial charge >= 0.3 is 0 Å². The zero-order valence-corrected chi connectivity index (χ0v) is 18.3. The average molecular weight is 442 g/mol. The first-order chi connectivity index (χ1) is 15.0. The topological polar surface area (TPSA) is 75.9 Å². The number of ether oxygens (including phenoxy) is 1. The lowest BCUT2D eigenvalue weighted by Gasteiger charge is -2.46. The Bertz CT molecular complexity index is 913. The summed E-state index contributed by atoms with van der Waals surface area (Å²) in [6.45, 7) is 3.33. The van der Waals surface area contributed by atoms with E-state index in [4.69, 9.17) is 22.1 Å². The molecule has 0 unspecified atom stereocenters. The summed E-state index contributed by atoms with van der Waals surface area (Å²) in [7, 11) is 0. The maximum Gasteiger partial charge on any atom is 0.241 e. The molecule has 0 aliphatic carbocycles. The minimum atomic E-state index is -0.724. The predicted molar refractivity (Wildman–Crippen MR) is 120 cm³/mol. The Balaban J connectivity index is 1.58. The molecule has 2 N–H and O–H groups in total. The number of nitrogens with zero attached hydrogens (tertiary/aromatic N) is 2. The van der Waals surface area contributed by atoms with Gasteiger partial charge in [-0.05, 0) is 36.1 Å². The number of carbonyl (C=O) groups is 2. The fourth-order valence-corrected chi connectivity index (χ4v) is 4.83. The van der Waals surface area contributed by atoms with Crippen LogP contribution in [0.4, 0.5) is 0 Å². The number of hydrogen-bond donors (Lipinski definition) is 1. The fourth-order valence-electron chi connectivity index (χ4n) is 4.70. The number of benzene rings is 2. The molecule has 0 spiro atoms. The van der Waals surface area contributed by atoms with Crippen LogP contribution in [0.1, 0.15) is 24.0 Å². The SMILES string of the molecule is NC(=O)[C@@H]1CN(Cc2ccccc2)CCN1C(=O)C1(c2ccc(Cl)cc2)CCOCC1. The Hall–Kier alpha value is -2.41. The smallest absolute Gasteiger partial charge is 0.241 e. The predicted octanol–water partition coefficient (Wildman–Crippen LogP) is 2.59. The molecule has 0 saturated carbocycles. The number of rotatable bonds is 5. The summed E-state index contributed by atoms with van der Waals surface area (Å²) in [5, 5.41) is 0.628. The van der Waals surface area contributed by atoms with Gasteiger partial charge in [-0.25, -0.2) is 0 Å². The van der Waals surface area contributed by atoms with Gasteiger partial charge in [0.2, 0.25) is 11.8 Å². The second-order valence-electron chi connectivity index (χ2n) is 8.34. The maximum absolute atomic E-state index is 14.0. The summed E-state index contributed by atoms with van der Waals surface area (Å²) in [6, 6.07) is 16.9. The minimum absolute atomic E-state index is 0.0405. The van der Waals surface area contributed by atoms with E-state index in [2.05, 4.69) is 17.0 Å². The van der Waals surface area contributed by atoms with Crippen molar-refractivity contribution in [2.45, 2.75) is 30.8 Å². The van der Waals surface area contributed by atoms with Crippen molar-refractivity contribution in [1.29, 1.82) is 0 Å². The zero-order chi connectivity index (χ0) is 21.8. The highest BCUT2D eigenvalue weighted by atomic mass is 35.5. The van der Waals surface area contributed by atoms with Gasteiger partial charge in [0.05, 0.1) is 5.41 Å². The van der Waals surface area contributed by atoms with Crippen LogP contribution < -0.4 is 5.73 Å². The number of carbonyl (C=O) groups excluding carboxylic acids is 2. The third-order valence-corrected chi connectivity index (χ3v) is 6.71. The van der Waals surface area contributed by atoms with Crippen LogP contribution in [-0.4, -0.2) is 60.5 Å². The highest BCUT2D eigenvalue weighted by Gasteiger charge is 2.47. The van der Waals surface area contributed by atoms with E-state index in [1.165, 1.54) is 5.56 Å². The molecule has 2 aromatic rings. The van der Waals surface area contributed by atoms with Gasteiger partial charge in [0, 0.05) is 44.4 Å². The van der Waals surface area contributed by atoms with E-state index in [0.717, 1.165) is 12.1 Å². The Kier molecular flexibility index (Phi) is 6.60. The molecule has 6 nitrogen and oxygen atoms in total. The molecule has 7 heteroatoms. The first-order valence-corrected chi connectivity index (χ1v) is 11.1. The Morgan fingerprint density at radius 1 is 1.03 bits per heavy atom. The standard InChI is InChI=1S/C24H28ClN3O3/c25-20-8-6-19(7-9-20)24(10-14-31-15-11-24)23(30)28-13-12-27(17-21(28)22(26)29)16-18-4-2-1-3-5-18/h1-9,21H,10-17H2,(H2,26,29)/t21-/m0/s1. The molecule has 1 atom stereocenters. The van der Waals surface area contributed by atoms with Gasteiger partial charge in [-0.2, -0.15) is 0 Å². The molecule has 31 heavy (non-hydrogen) atoms. The van der Waals surface area contributed by atoms with Gasteiger partial charge in [-0.3, -0.25) is 14.5 Å². The summed E-state index contributed by atoms with van der Waals surface area (Å²) < 4.78 is 5.57. The number of nitrogens with two attached hydrogens (primary N) is 1. The monoisotopic (exact) mass is 441 g/mol. The third-order valence-electron chi connectivity index (χ3n) is 6.46. The van der Waals surface area contributed by atoms with E-state index < -0.39 is 17.4 Å². The molecule has 164 valence electrons. The van der Waals surface area contributed by atoms with Crippen molar-refractivity contribution in [3.05, 3.63) is 70.7 Å². The van der Waals surface area contributed by atoms with Crippen LogP contribution in [0.3, 0.4) is 0 Å². The summed E-state index contributed by atoms with van der Waals surface area (Å²) in [6.07, 6.45) is 1.15. The summed E-state index contributed by atoms with van der Waals surface area (Å²) >= 11 is 6.08. The lowest BCUT2D eigenvalue weighted by Crippen LogP contribution is -2.63. The molecule has 2 aliphatic rings. The highest BCUT2D eigenvalue weighted by molar-refractivity contribution is 6.30. The quantitative estimate of drug-likeness (QED) is 0.773. The molecule has 0 radical (unpaired) electrons. The molecule has 2 saturated heterocycles. The number of primary amides is 1. The minimum Gasteiger partial charge on any atom is -0.381 e. The van der Waals surface area contributed by atoms with E-state index in [0.29, 0.717) is 50.7 Å². The summed E-state index contributed by atoms with van der Waals surface area (Å²) in [5.41, 5.74) is 7.15. The number of amides is 2. The number of piperazine rings is 1. The van der Waals surface area contributed by atoms with E-state index in [-0.39, 0.29) is 5.91 Å². The molecule has 2 fully saturated rings. The van der Waals surface area contributed by atoms with Crippen molar-refractivity contribution in [1.82, 2.24) is 9.80 Å². The molecular weight excluding hydrogens is 414 g/mol. The first-order valence-electron chi connectivity index (χ1n) is 10.7. The highest BCUT2D eigenvalue weighted by Crippen LogP contribution is 2.38. The van der Waals surface area contributed by atoms with Crippen molar-refractivity contribution < 1.29 is 14.3 Å². The summed E-state index contributed by atoms with van der Waals surface area (Å²) in [5.74, 6) is -0.509. The normalized spacial score (nSPS) is 21.6. The number of halogens is 1. The number of hydrogen-bond acceptors (Lipinski definition) is 4. The van der Waals surface area contributed by atoms with E-state index in [9.17, 15) is 9.59 Å². The molecule has 2 aliphatic heterocycles. The Morgan fingerprint density at radius 2 is 1.71 bits per heavy atom. The molecule has 0 bridgehead atoms. The second kappa shape index (κ2) is 9.39. The van der Waals surface area contributed by atoms with E-state index in [1.807, 2.05) is 42.5 Å². The maximum atomic E-state index is 14.0. The van der Waals surface area contributed by atoms with Gasteiger partial charge in [0.1, 0.15) is 6.04 Å². The molecule has 2 aromatic carbocycles. The van der Waals surface area contributed by atoms with Crippen molar-refractivity contribution in [3.8, 4) is 0 Å². The summed E-state index contributed by atoms with van der Waals surface area (Å²) in [4.78, 5) is 30.2. The molecule has 4 rings (SSSR count). The van der Waals surface area contributed by atoms with Crippen molar-refractivity contribution in [3.63, 3.8) is 0 Å². The Labute approximate surface area is 187 Å². The molecule has 2 amide bonds. The van der Waals surface area contributed by atoms with Crippen LogP contribution in [0.25, 0.3) is 0 Å². The zero-order valence-electron chi connectivity index (χ0n) is 17.5. The van der Waals surface area contributed by atoms with Crippen molar-refractivity contribution in [2.24, 2.45) is 5.73 Å². The lowest BCUT2D eigenvalue weighted by molar-refractivity contribution is -0.151. The molecular formula is C24H28ClN3O3. The van der Waals surface area contributed by atoms with Crippen LogP contribution in [0.5, 0.6) is 0 Å². The van der Waals surface area contributed by atoms with Gasteiger partial charge in [0.25, 0.3) is 0 Å². The van der Waals surface area contributed by atoms with Gasteiger partial charge in [0.15, 0.2) is 0 Å². The van der Waals surface area contributed by atoms with Gasteiger partial charge < -0.3 is 15.4 Å². The van der Waals surface area contributed by atoms with Gasteiger partial charge in [-0.1, -0.05) is 54.1 Å². The average Bonchev–Trinajstić information content (AvgIpc) is 2.80. The van der Waals surface area contributed by atoms with Crippen LogP contribution in [-0.2, 0) is 26.3 Å². The van der Waals surface area contributed by atoms with Crippen LogP contribution in [0, 0.1) is 0 Å².